The Morgan fingerprint density at radius 3 is 2.92 bits per heavy atom. The van der Waals surface area contributed by atoms with E-state index < -0.39 is 5.60 Å². The van der Waals surface area contributed by atoms with E-state index in [4.69, 9.17) is 0 Å². The lowest BCUT2D eigenvalue weighted by atomic mass is 9.92. The number of piperidine rings is 1. The summed E-state index contributed by atoms with van der Waals surface area (Å²) in [6.07, 6.45) is 9.30. The Bertz CT molecular complexity index is 683. The summed E-state index contributed by atoms with van der Waals surface area (Å²) in [5, 5.41) is 18.3. The molecule has 8 nitrogen and oxygen atoms in total. The fourth-order valence-corrected chi connectivity index (χ4v) is 3.04. The van der Waals surface area contributed by atoms with Gasteiger partial charge in [0.05, 0.1) is 36.3 Å². The van der Waals surface area contributed by atoms with Gasteiger partial charge in [-0.2, -0.15) is 10.2 Å². The van der Waals surface area contributed by atoms with Gasteiger partial charge < -0.3 is 14.9 Å². The van der Waals surface area contributed by atoms with Crippen molar-refractivity contribution in [2.75, 3.05) is 31.6 Å². The predicted octanol–water partition coefficient (Wildman–Crippen LogP) is 0.370. The Hall–Kier alpha value is -2.61. The summed E-state index contributed by atoms with van der Waals surface area (Å²) in [5.41, 5.74) is -0.529. The number of hydrogen-bond acceptors (Lipinski definition) is 7. The molecule has 1 atom stereocenters. The maximum Gasteiger partial charge on any atom is 0.255 e. The lowest BCUT2D eigenvalue weighted by molar-refractivity contribution is -0.000160. The van der Waals surface area contributed by atoms with Crippen molar-refractivity contribution >= 4 is 11.7 Å². The second-order valence-electron chi connectivity index (χ2n) is 6.11. The van der Waals surface area contributed by atoms with Crippen molar-refractivity contribution in [3.05, 3.63) is 42.6 Å². The van der Waals surface area contributed by atoms with E-state index in [0.29, 0.717) is 18.5 Å². The van der Waals surface area contributed by atoms with Crippen molar-refractivity contribution in [2.45, 2.75) is 18.4 Å². The van der Waals surface area contributed by atoms with E-state index in [1.165, 1.54) is 17.3 Å². The van der Waals surface area contributed by atoms with E-state index in [9.17, 15) is 9.90 Å². The van der Waals surface area contributed by atoms with E-state index in [-0.39, 0.29) is 12.5 Å². The van der Waals surface area contributed by atoms with Gasteiger partial charge in [-0.05, 0) is 18.9 Å². The molecule has 1 N–H and O–H groups in total. The summed E-state index contributed by atoms with van der Waals surface area (Å²) in [4.78, 5) is 24.3. The number of aromatic nitrogens is 4. The number of nitrogens with zero attached hydrogens (tertiary/aromatic N) is 6. The van der Waals surface area contributed by atoms with Crippen LogP contribution in [0, 0.1) is 0 Å². The number of amides is 1. The summed E-state index contributed by atoms with van der Waals surface area (Å²) >= 11 is 0. The molecule has 1 aliphatic heterocycles. The van der Waals surface area contributed by atoms with Gasteiger partial charge in [-0.3, -0.25) is 9.78 Å². The predicted molar refractivity (Wildman–Crippen MR) is 87.4 cm³/mol. The van der Waals surface area contributed by atoms with Crippen LogP contribution in [0.5, 0.6) is 0 Å². The molecule has 8 heteroatoms. The summed E-state index contributed by atoms with van der Waals surface area (Å²) < 4.78 is 0. The minimum absolute atomic E-state index is 0.185. The molecule has 1 saturated heterocycles. The number of carbonyl (C=O) groups is 1. The van der Waals surface area contributed by atoms with Gasteiger partial charge in [0.2, 0.25) is 0 Å². The van der Waals surface area contributed by atoms with E-state index in [0.717, 1.165) is 18.8 Å². The van der Waals surface area contributed by atoms with Crippen LogP contribution in [0.4, 0.5) is 5.82 Å². The lowest BCUT2D eigenvalue weighted by Crippen LogP contribution is -2.54. The second-order valence-corrected chi connectivity index (χ2v) is 6.11. The van der Waals surface area contributed by atoms with Crippen LogP contribution in [-0.2, 0) is 0 Å². The molecule has 1 unspecified atom stereocenters. The number of hydrogen-bond donors (Lipinski definition) is 1. The zero-order valence-corrected chi connectivity index (χ0v) is 13.5. The Morgan fingerprint density at radius 2 is 2.21 bits per heavy atom. The highest BCUT2D eigenvalue weighted by Gasteiger charge is 2.36. The van der Waals surface area contributed by atoms with Gasteiger partial charge in [-0.25, -0.2) is 4.98 Å². The summed E-state index contributed by atoms with van der Waals surface area (Å²) in [6, 6.07) is 1.61. The molecule has 0 radical (unpaired) electrons. The maximum absolute atomic E-state index is 12.4. The Balaban J connectivity index is 1.68. The number of anilines is 1. The standard InChI is InChI=1S/C16H20N6O2/c1-21(15(23)13-3-5-19-20-9-13)11-16(24)4-2-8-22(12-16)14-10-17-6-7-18-14/h3,5-7,9-10,24H,2,4,8,11-12H2,1H3. The molecule has 2 aromatic heterocycles. The molecule has 1 amide bonds. The molecule has 3 rings (SSSR count). The molecule has 0 saturated carbocycles. The lowest BCUT2D eigenvalue weighted by Gasteiger charge is -2.41. The van der Waals surface area contributed by atoms with Crippen LogP contribution >= 0.6 is 0 Å². The van der Waals surface area contributed by atoms with Crippen LogP contribution < -0.4 is 4.90 Å². The van der Waals surface area contributed by atoms with Gasteiger partial charge in [0, 0.05) is 32.5 Å². The molecular weight excluding hydrogens is 308 g/mol. The van der Waals surface area contributed by atoms with Gasteiger partial charge >= 0.3 is 0 Å². The molecule has 126 valence electrons. The highest BCUT2D eigenvalue weighted by atomic mass is 16.3. The fourth-order valence-electron chi connectivity index (χ4n) is 3.04. The molecule has 3 heterocycles. The smallest absolute Gasteiger partial charge is 0.255 e. The van der Waals surface area contributed by atoms with Gasteiger partial charge in [-0.1, -0.05) is 0 Å². The normalized spacial score (nSPS) is 20.7. The van der Waals surface area contributed by atoms with E-state index in [2.05, 4.69) is 20.2 Å². The van der Waals surface area contributed by atoms with Crippen LogP contribution in [0.3, 0.4) is 0 Å². The molecule has 1 aliphatic rings. The molecular formula is C16H20N6O2. The number of aliphatic hydroxyl groups is 1. The first-order valence-corrected chi connectivity index (χ1v) is 7.83. The van der Waals surface area contributed by atoms with E-state index in [1.54, 1.807) is 31.7 Å². The van der Waals surface area contributed by atoms with Crippen LogP contribution in [-0.4, -0.2) is 68.4 Å². The first kappa shape index (κ1) is 16.3. The molecule has 24 heavy (non-hydrogen) atoms. The highest BCUT2D eigenvalue weighted by molar-refractivity contribution is 5.93. The number of rotatable bonds is 4. The van der Waals surface area contributed by atoms with E-state index >= 15 is 0 Å². The summed E-state index contributed by atoms with van der Waals surface area (Å²) in [5.74, 6) is 0.554. The Labute approximate surface area is 140 Å². The minimum atomic E-state index is -0.985. The van der Waals surface area contributed by atoms with Crippen LogP contribution in [0.1, 0.15) is 23.2 Å². The largest absolute Gasteiger partial charge is 0.386 e. The van der Waals surface area contributed by atoms with Gasteiger partial charge in [0.15, 0.2) is 0 Å². The summed E-state index contributed by atoms with van der Waals surface area (Å²) in [7, 11) is 1.68. The quantitative estimate of drug-likeness (QED) is 0.866. The highest BCUT2D eigenvalue weighted by Crippen LogP contribution is 2.25. The van der Waals surface area contributed by atoms with Gasteiger partial charge in [-0.15, -0.1) is 0 Å². The van der Waals surface area contributed by atoms with Crippen molar-refractivity contribution in [2.24, 2.45) is 0 Å². The average Bonchev–Trinajstić information content (AvgIpc) is 2.62. The third kappa shape index (κ3) is 3.65. The van der Waals surface area contributed by atoms with Crippen LogP contribution in [0.15, 0.2) is 37.1 Å². The minimum Gasteiger partial charge on any atom is -0.386 e. The maximum atomic E-state index is 12.4. The zero-order chi connectivity index (χ0) is 17.0. The number of likely N-dealkylation sites (N-methyl/N-ethyl adjacent to an activating group) is 1. The van der Waals surface area contributed by atoms with Crippen LogP contribution in [0.2, 0.25) is 0 Å². The molecule has 0 aromatic carbocycles. The summed E-state index contributed by atoms with van der Waals surface area (Å²) in [6.45, 7) is 1.47. The first-order chi connectivity index (χ1) is 11.6. The molecule has 0 spiro atoms. The monoisotopic (exact) mass is 328 g/mol. The van der Waals surface area contributed by atoms with Crippen LogP contribution in [0.25, 0.3) is 0 Å². The van der Waals surface area contributed by atoms with Crippen molar-refractivity contribution in [3.63, 3.8) is 0 Å². The Kier molecular flexibility index (Phi) is 4.66. The average molecular weight is 328 g/mol. The van der Waals surface area contributed by atoms with Crippen molar-refractivity contribution in [3.8, 4) is 0 Å². The molecule has 1 fully saturated rings. The molecule has 0 bridgehead atoms. The van der Waals surface area contributed by atoms with Gasteiger partial charge in [0.1, 0.15) is 5.82 Å². The second kappa shape index (κ2) is 6.88. The SMILES string of the molecule is CN(CC1(O)CCCN(c2cnccn2)C1)C(=O)c1ccnnc1. The van der Waals surface area contributed by atoms with E-state index in [1.807, 2.05) is 4.90 Å². The molecule has 2 aromatic rings. The van der Waals surface area contributed by atoms with Gasteiger partial charge in [0.25, 0.3) is 5.91 Å². The third-order valence-corrected chi connectivity index (χ3v) is 4.14. The van der Waals surface area contributed by atoms with Crippen molar-refractivity contribution in [1.29, 1.82) is 0 Å². The van der Waals surface area contributed by atoms with Crippen molar-refractivity contribution < 1.29 is 9.90 Å². The van der Waals surface area contributed by atoms with Crippen molar-refractivity contribution in [1.82, 2.24) is 25.1 Å². The zero-order valence-electron chi connectivity index (χ0n) is 13.5. The third-order valence-electron chi connectivity index (χ3n) is 4.14. The molecule has 0 aliphatic carbocycles. The topological polar surface area (TPSA) is 95.3 Å². The Morgan fingerprint density at radius 1 is 1.33 bits per heavy atom. The first-order valence-electron chi connectivity index (χ1n) is 7.83. The fraction of sp³-hybridized carbons (Fsp3) is 0.438. The number of β-amino-alcohol motifs (C(OH)–C–C–N with tert-alkyl or cyclic N) is 1. The number of carbonyl (C=O) groups excluding carboxylic acids is 1.